The SMILES string of the molecule is Cc1noc(C2CN(Cc3cnn(C)c3C)CCN2C)n1. The number of rotatable bonds is 3. The van der Waals surface area contributed by atoms with Crippen LogP contribution in [-0.4, -0.2) is 56.4 Å². The monoisotopic (exact) mass is 290 g/mol. The highest BCUT2D eigenvalue weighted by molar-refractivity contribution is 5.16. The maximum absolute atomic E-state index is 5.35. The van der Waals surface area contributed by atoms with E-state index in [1.807, 2.05) is 24.9 Å². The summed E-state index contributed by atoms with van der Waals surface area (Å²) in [6, 6.07) is 0.164. The summed E-state index contributed by atoms with van der Waals surface area (Å²) >= 11 is 0. The molecule has 0 aromatic carbocycles. The normalized spacial score (nSPS) is 21.0. The summed E-state index contributed by atoms with van der Waals surface area (Å²) in [5, 5.41) is 8.22. The van der Waals surface area contributed by atoms with Gasteiger partial charge in [-0.1, -0.05) is 5.16 Å². The van der Waals surface area contributed by atoms with Crippen molar-refractivity contribution in [2.45, 2.75) is 26.4 Å². The highest BCUT2D eigenvalue weighted by atomic mass is 16.5. The Morgan fingerprint density at radius 2 is 2.10 bits per heavy atom. The lowest BCUT2D eigenvalue weighted by molar-refractivity contribution is 0.0713. The second-order valence-electron chi connectivity index (χ2n) is 5.79. The average Bonchev–Trinajstić information content (AvgIpc) is 3.02. The first kappa shape index (κ1) is 14.2. The summed E-state index contributed by atoms with van der Waals surface area (Å²) in [4.78, 5) is 9.09. The second kappa shape index (κ2) is 5.57. The fraction of sp³-hybridized carbons (Fsp3) is 0.643. The highest BCUT2D eigenvalue weighted by Gasteiger charge is 2.30. The van der Waals surface area contributed by atoms with Crippen molar-refractivity contribution in [3.05, 3.63) is 29.2 Å². The Morgan fingerprint density at radius 1 is 1.29 bits per heavy atom. The Morgan fingerprint density at radius 3 is 2.71 bits per heavy atom. The van der Waals surface area contributed by atoms with Crippen LogP contribution in [0.15, 0.2) is 10.7 Å². The van der Waals surface area contributed by atoms with E-state index in [2.05, 4.69) is 39.0 Å². The summed E-state index contributed by atoms with van der Waals surface area (Å²) in [6.45, 7) is 7.80. The van der Waals surface area contributed by atoms with E-state index < -0.39 is 0 Å². The third-order valence-corrected chi connectivity index (χ3v) is 4.29. The number of hydrogen-bond acceptors (Lipinski definition) is 6. The number of aryl methyl sites for hydroxylation is 2. The lowest BCUT2D eigenvalue weighted by atomic mass is 10.1. The van der Waals surface area contributed by atoms with Gasteiger partial charge in [-0.25, -0.2) is 0 Å². The van der Waals surface area contributed by atoms with Gasteiger partial charge in [-0.3, -0.25) is 14.5 Å². The molecule has 0 bridgehead atoms. The molecule has 0 saturated carbocycles. The van der Waals surface area contributed by atoms with Gasteiger partial charge < -0.3 is 4.52 Å². The average molecular weight is 290 g/mol. The van der Waals surface area contributed by atoms with Crippen molar-refractivity contribution in [3.63, 3.8) is 0 Å². The molecule has 1 saturated heterocycles. The summed E-state index contributed by atoms with van der Waals surface area (Å²) < 4.78 is 7.28. The molecule has 1 fully saturated rings. The number of aromatic nitrogens is 4. The van der Waals surface area contributed by atoms with Gasteiger partial charge in [0.25, 0.3) is 0 Å². The van der Waals surface area contributed by atoms with Gasteiger partial charge in [0.2, 0.25) is 5.89 Å². The molecule has 1 atom stereocenters. The van der Waals surface area contributed by atoms with Crippen LogP contribution in [0.1, 0.15) is 29.0 Å². The Bertz CT molecular complexity index is 619. The molecule has 3 rings (SSSR count). The maximum Gasteiger partial charge on any atom is 0.245 e. The lowest BCUT2D eigenvalue weighted by Crippen LogP contribution is -2.46. The third-order valence-electron chi connectivity index (χ3n) is 4.29. The van der Waals surface area contributed by atoms with Crippen molar-refractivity contribution in [1.82, 2.24) is 29.7 Å². The standard InChI is InChI=1S/C14H22N6O/c1-10-12(7-15-19(10)4)8-20-6-5-18(3)13(9-20)14-16-11(2)17-21-14/h7,13H,5-6,8-9H2,1-4H3. The quantitative estimate of drug-likeness (QED) is 0.837. The minimum Gasteiger partial charge on any atom is -0.338 e. The van der Waals surface area contributed by atoms with E-state index in [0.717, 1.165) is 26.2 Å². The van der Waals surface area contributed by atoms with Crippen molar-refractivity contribution in [1.29, 1.82) is 0 Å². The largest absolute Gasteiger partial charge is 0.338 e. The first-order valence-corrected chi connectivity index (χ1v) is 7.25. The zero-order chi connectivity index (χ0) is 15.0. The van der Waals surface area contributed by atoms with Crippen molar-refractivity contribution in [3.8, 4) is 0 Å². The molecule has 0 aliphatic carbocycles. The van der Waals surface area contributed by atoms with Crippen LogP contribution < -0.4 is 0 Å². The van der Waals surface area contributed by atoms with Crippen molar-refractivity contribution in [2.24, 2.45) is 7.05 Å². The van der Waals surface area contributed by atoms with E-state index in [4.69, 9.17) is 4.52 Å². The molecule has 7 nitrogen and oxygen atoms in total. The first-order valence-electron chi connectivity index (χ1n) is 7.25. The summed E-state index contributed by atoms with van der Waals surface area (Å²) in [5.74, 6) is 1.40. The fourth-order valence-corrected chi connectivity index (χ4v) is 2.73. The number of hydrogen-bond donors (Lipinski definition) is 0. The molecule has 114 valence electrons. The summed E-state index contributed by atoms with van der Waals surface area (Å²) in [5.41, 5.74) is 2.50. The smallest absolute Gasteiger partial charge is 0.245 e. The van der Waals surface area contributed by atoms with Crippen LogP contribution in [0.2, 0.25) is 0 Å². The van der Waals surface area contributed by atoms with Gasteiger partial charge in [-0.05, 0) is 20.9 Å². The molecule has 1 aliphatic rings. The number of piperazine rings is 1. The van der Waals surface area contributed by atoms with E-state index in [1.54, 1.807) is 0 Å². The maximum atomic E-state index is 5.35. The van der Waals surface area contributed by atoms with Gasteiger partial charge in [0.15, 0.2) is 5.82 Å². The van der Waals surface area contributed by atoms with Crippen LogP contribution in [0.4, 0.5) is 0 Å². The molecule has 21 heavy (non-hydrogen) atoms. The molecule has 3 heterocycles. The van der Waals surface area contributed by atoms with Crippen LogP contribution >= 0.6 is 0 Å². The molecular weight excluding hydrogens is 268 g/mol. The Hall–Kier alpha value is -1.73. The van der Waals surface area contributed by atoms with Crippen molar-refractivity contribution in [2.75, 3.05) is 26.7 Å². The van der Waals surface area contributed by atoms with Crippen LogP contribution in [0.3, 0.4) is 0 Å². The predicted octanol–water partition coefficient (Wildman–Crippen LogP) is 0.909. The van der Waals surface area contributed by atoms with Gasteiger partial charge in [0.1, 0.15) is 6.04 Å². The third kappa shape index (κ3) is 2.84. The van der Waals surface area contributed by atoms with E-state index in [-0.39, 0.29) is 6.04 Å². The molecule has 0 radical (unpaired) electrons. The second-order valence-corrected chi connectivity index (χ2v) is 5.79. The molecular formula is C14H22N6O. The minimum absolute atomic E-state index is 0.164. The van der Waals surface area contributed by atoms with Crippen molar-refractivity contribution < 1.29 is 4.52 Å². The predicted molar refractivity (Wildman–Crippen MR) is 77.6 cm³/mol. The molecule has 2 aromatic heterocycles. The lowest BCUT2D eigenvalue weighted by Gasteiger charge is -2.37. The van der Waals surface area contributed by atoms with Gasteiger partial charge in [-0.2, -0.15) is 10.1 Å². The van der Waals surface area contributed by atoms with E-state index in [0.29, 0.717) is 11.7 Å². The summed E-state index contributed by atoms with van der Waals surface area (Å²) in [6.07, 6.45) is 1.96. The number of nitrogens with zero attached hydrogens (tertiary/aromatic N) is 6. The topological polar surface area (TPSA) is 63.2 Å². The molecule has 0 spiro atoms. The van der Waals surface area contributed by atoms with E-state index in [1.165, 1.54) is 11.3 Å². The van der Waals surface area contributed by atoms with E-state index >= 15 is 0 Å². The summed E-state index contributed by atoms with van der Waals surface area (Å²) in [7, 11) is 4.09. The van der Waals surface area contributed by atoms with Gasteiger partial charge in [0, 0.05) is 44.5 Å². The molecule has 7 heteroatoms. The van der Waals surface area contributed by atoms with E-state index in [9.17, 15) is 0 Å². The highest BCUT2D eigenvalue weighted by Crippen LogP contribution is 2.24. The fourth-order valence-electron chi connectivity index (χ4n) is 2.73. The molecule has 0 N–H and O–H groups in total. The molecule has 2 aromatic rings. The minimum atomic E-state index is 0.164. The Kier molecular flexibility index (Phi) is 3.77. The Balaban J connectivity index is 1.72. The van der Waals surface area contributed by atoms with Gasteiger partial charge in [-0.15, -0.1) is 0 Å². The van der Waals surface area contributed by atoms with Crippen LogP contribution in [0, 0.1) is 13.8 Å². The van der Waals surface area contributed by atoms with Crippen LogP contribution in [0.5, 0.6) is 0 Å². The Labute approximate surface area is 124 Å². The molecule has 1 aliphatic heterocycles. The molecule has 1 unspecified atom stereocenters. The molecule has 0 amide bonds. The van der Waals surface area contributed by atoms with Crippen LogP contribution in [-0.2, 0) is 13.6 Å². The first-order chi connectivity index (χ1) is 10.0. The van der Waals surface area contributed by atoms with Gasteiger partial charge in [0.05, 0.1) is 6.20 Å². The van der Waals surface area contributed by atoms with Crippen molar-refractivity contribution >= 4 is 0 Å². The van der Waals surface area contributed by atoms with Gasteiger partial charge >= 0.3 is 0 Å². The zero-order valence-electron chi connectivity index (χ0n) is 13.1. The number of likely N-dealkylation sites (N-methyl/N-ethyl adjacent to an activating group) is 1. The zero-order valence-corrected chi connectivity index (χ0v) is 13.1. The van der Waals surface area contributed by atoms with Crippen LogP contribution in [0.25, 0.3) is 0 Å².